The molecule has 2 aromatic rings. The Morgan fingerprint density at radius 2 is 2.07 bits per heavy atom. The smallest absolute Gasteiger partial charge is 0.269 e. The van der Waals surface area contributed by atoms with Crippen LogP contribution < -0.4 is 10.5 Å². The lowest BCUT2D eigenvalue weighted by molar-refractivity contribution is 0.122. The van der Waals surface area contributed by atoms with E-state index in [1.54, 1.807) is 16.9 Å². The topological polar surface area (TPSA) is 89.5 Å². The van der Waals surface area contributed by atoms with Crippen molar-refractivity contribution in [2.24, 2.45) is 0 Å². The summed E-state index contributed by atoms with van der Waals surface area (Å²) in [6, 6.07) is 1.77. The predicted octanol–water partition coefficient (Wildman–Crippen LogP) is 1.42. The quantitative estimate of drug-likeness (QED) is 0.760. The number of piperidine rings is 1. The Hall–Kier alpha value is -2.26. The maximum atomic E-state index is 12.7. The molecule has 0 saturated carbocycles. The van der Waals surface area contributed by atoms with Crippen molar-refractivity contribution >= 4 is 5.69 Å². The number of nitrogens with zero attached hydrogens (tertiary/aromatic N) is 6. The highest BCUT2D eigenvalue weighted by Gasteiger charge is 2.25. The van der Waals surface area contributed by atoms with Gasteiger partial charge in [0, 0.05) is 31.6 Å². The van der Waals surface area contributed by atoms with Crippen LogP contribution in [-0.4, -0.2) is 64.2 Å². The Labute approximate surface area is 164 Å². The first-order valence-electron chi connectivity index (χ1n) is 10.1. The Balaban J connectivity index is 1.43. The van der Waals surface area contributed by atoms with Crippen LogP contribution in [-0.2, 0) is 11.3 Å². The molecule has 2 aliphatic rings. The van der Waals surface area contributed by atoms with Gasteiger partial charge < -0.3 is 14.2 Å². The molecule has 0 spiro atoms. The zero-order chi connectivity index (χ0) is 19.5. The molecule has 0 aliphatic carbocycles. The van der Waals surface area contributed by atoms with E-state index < -0.39 is 0 Å². The molecule has 2 aliphatic heterocycles. The Morgan fingerprint density at radius 1 is 1.25 bits per heavy atom. The van der Waals surface area contributed by atoms with E-state index in [1.807, 2.05) is 13.8 Å². The van der Waals surface area contributed by atoms with Crippen LogP contribution in [0.1, 0.15) is 50.4 Å². The molecule has 2 aromatic heterocycles. The van der Waals surface area contributed by atoms with Crippen LogP contribution in [0, 0.1) is 0 Å². The third-order valence-electron chi connectivity index (χ3n) is 5.36. The average molecular weight is 388 g/mol. The summed E-state index contributed by atoms with van der Waals surface area (Å²) in [6.07, 6.45) is 3.77. The van der Waals surface area contributed by atoms with Crippen molar-refractivity contribution in [3.63, 3.8) is 0 Å². The summed E-state index contributed by atoms with van der Waals surface area (Å²) in [5, 5.41) is 8.57. The molecule has 0 radical (unpaired) electrons. The summed E-state index contributed by atoms with van der Waals surface area (Å²) in [6.45, 7) is 9.40. The molecule has 9 heteroatoms. The third kappa shape index (κ3) is 4.25. The van der Waals surface area contributed by atoms with Crippen LogP contribution in [0.4, 0.5) is 5.69 Å². The summed E-state index contributed by atoms with van der Waals surface area (Å²) >= 11 is 0. The lowest BCUT2D eigenvalue weighted by Crippen LogP contribution is -2.41. The fourth-order valence-corrected chi connectivity index (χ4v) is 3.82. The van der Waals surface area contributed by atoms with Gasteiger partial charge in [-0.05, 0) is 19.4 Å². The molecule has 28 heavy (non-hydrogen) atoms. The van der Waals surface area contributed by atoms with E-state index in [0.29, 0.717) is 31.5 Å². The van der Waals surface area contributed by atoms with Gasteiger partial charge in [0.1, 0.15) is 0 Å². The van der Waals surface area contributed by atoms with Crippen LogP contribution in [0.5, 0.6) is 0 Å². The van der Waals surface area contributed by atoms with Gasteiger partial charge in [-0.1, -0.05) is 19.0 Å². The number of ether oxygens (including phenoxy) is 1. The highest BCUT2D eigenvalue weighted by molar-refractivity contribution is 5.43. The maximum Gasteiger partial charge on any atom is 0.269 e. The number of aromatic nitrogens is 4. The molecular formula is C19H28N6O3. The van der Waals surface area contributed by atoms with E-state index in [4.69, 9.17) is 9.26 Å². The van der Waals surface area contributed by atoms with Crippen LogP contribution in [0.15, 0.2) is 21.6 Å². The van der Waals surface area contributed by atoms with Gasteiger partial charge in [0.2, 0.25) is 5.89 Å². The van der Waals surface area contributed by atoms with Crippen LogP contribution >= 0.6 is 0 Å². The molecule has 9 nitrogen and oxygen atoms in total. The third-order valence-corrected chi connectivity index (χ3v) is 5.36. The van der Waals surface area contributed by atoms with E-state index in [9.17, 15) is 4.79 Å². The summed E-state index contributed by atoms with van der Waals surface area (Å²) in [4.78, 5) is 21.6. The SMILES string of the molecule is CC(C)c1nc(CN2CCCC(n3ncc(N4CCOCC4)cc3=O)C2)no1. The number of rotatable bonds is 5. The molecular weight excluding hydrogens is 360 g/mol. The molecule has 0 aromatic carbocycles. The lowest BCUT2D eigenvalue weighted by Gasteiger charge is -2.32. The van der Waals surface area contributed by atoms with Gasteiger partial charge in [-0.25, -0.2) is 4.68 Å². The molecule has 2 fully saturated rings. The summed E-state index contributed by atoms with van der Waals surface area (Å²) < 4.78 is 12.3. The molecule has 1 atom stereocenters. The number of likely N-dealkylation sites (tertiary alicyclic amines) is 1. The second-order valence-electron chi connectivity index (χ2n) is 7.83. The van der Waals surface area contributed by atoms with E-state index in [1.165, 1.54) is 0 Å². The van der Waals surface area contributed by atoms with E-state index in [2.05, 4.69) is 25.0 Å². The van der Waals surface area contributed by atoms with Gasteiger partial charge in [-0.2, -0.15) is 10.1 Å². The molecule has 4 rings (SSSR count). The fraction of sp³-hybridized carbons (Fsp3) is 0.684. The Kier molecular flexibility index (Phi) is 5.72. The first-order chi connectivity index (χ1) is 13.6. The van der Waals surface area contributed by atoms with Gasteiger partial charge in [0.15, 0.2) is 5.82 Å². The van der Waals surface area contributed by atoms with Gasteiger partial charge in [-0.3, -0.25) is 9.69 Å². The number of hydrogen-bond donors (Lipinski definition) is 0. The van der Waals surface area contributed by atoms with Gasteiger partial charge >= 0.3 is 0 Å². The zero-order valence-electron chi connectivity index (χ0n) is 16.6. The van der Waals surface area contributed by atoms with Crippen molar-refractivity contribution in [2.75, 3.05) is 44.3 Å². The maximum absolute atomic E-state index is 12.7. The minimum atomic E-state index is -0.0440. The summed E-state index contributed by atoms with van der Waals surface area (Å²) in [7, 11) is 0. The van der Waals surface area contributed by atoms with Crippen LogP contribution in [0.3, 0.4) is 0 Å². The van der Waals surface area contributed by atoms with Crippen molar-refractivity contribution in [3.8, 4) is 0 Å². The van der Waals surface area contributed by atoms with Crippen molar-refractivity contribution in [2.45, 2.75) is 45.2 Å². The second-order valence-corrected chi connectivity index (χ2v) is 7.83. The van der Waals surface area contributed by atoms with Crippen LogP contribution in [0.25, 0.3) is 0 Å². The summed E-state index contributed by atoms with van der Waals surface area (Å²) in [5.74, 6) is 1.59. The van der Waals surface area contributed by atoms with Crippen molar-refractivity contribution in [3.05, 3.63) is 34.3 Å². The first-order valence-corrected chi connectivity index (χ1v) is 10.1. The Morgan fingerprint density at radius 3 is 2.79 bits per heavy atom. The number of morpholine rings is 1. The minimum Gasteiger partial charge on any atom is -0.378 e. The highest BCUT2D eigenvalue weighted by Crippen LogP contribution is 2.22. The molecule has 0 N–H and O–H groups in total. The molecule has 2 saturated heterocycles. The van der Waals surface area contributed by atoms with Crippen LogP contribution in [0.2, 0.25) is 0 Å². The average Bonchev–Trinajstić information content (AvgIpc) is 3.18. The minimum absolute atomic E-state index is 0.0440. The largest absolute Gasteiger partial charge is 0.378 e. The fourth-order valence-electron chi connectivity index (χ4n) is 3.82. The first kappa shape index (κ1) is 19.1. The number of hydrogen-bond acceptors (Lipinski definition) is 8. The van der Waals surface area contributed by atoms with Crippen molar-refractivity contribution < 1.29 is 9.26 Å². The Bertz CT molecular complexity index is 842. The van der Waals surface area contributed by atoms with E-state index >= 15 is 0 Å². The lowest BCUT2D eigenvalue weighted by atomic mass is 10.1. The standard InChI is InChI=1S/C19H28N6O3/c1-14(2)19-21-17(22-28-19)13-23-5-3-4-15(12-23)25-18(26)10-16(11-20-25)24-6-8-27-9-7-24/h10-11,14-15H,3-9,12-13H2,1-2H3. The van der Waals surface area contributed by atoms with Crippen molar-refractivity contribution in [1.82, 2.24) is 24.8 Å². The predicted molar refractivity (Wildman–Crippen MR) is 103 cm³/mol. The van der Waals surface area contributed by atoms with E-state index in [-0.39, 0.29) is 17.5 Å². The highest BCUT2D eigenvalue weighted by atomic mass is 16.5. The van der Waals surface area contributed by atoms with Gasteiger partial charge in [-0.15, -0.1) is 0 Å². The normalized spacial score (nSPS) is 21.4. The molecule has 0 amide bonds. The number of anilines is 1. The molecule has 1 unspecified atom stereocenters. The molecule has 0 bridgehead atoms. The summed E-state index contributed by atoms with van der Waals surface area (Å²) in [5.41, 5.74) is 0.836. The zero-order valence-corrected chi connectivity index (χ0v) is 16.6. The van der Waals surface area contributed by atoms with Crippen molar-refractivity contribution in [1.29, 1.82) is 0 Å². The van der Waals surface area contributed by atoms with Gasteiger partial charge in [0.05, 0.1) is 37.7 Å². The van der Waals surface area contributed by atoms with E-state index in [0.717, 1.165) is 44.7 Å². The second kappa shape index (κ2) is 8.40. The molecule has 152 valence electrons. The van der Waals surface area contributed by atoms with Gasteiger partial charge in [0.25, 0.3) is 5.56 Å². The molecule has 4 heterocycles. The monoisotopic (exact) mass is 388 g/mol.